The molecular formula is C13H19NO4S. The van der Waals surface area contributed by atoms with E-state index in [2.05, 4.69) is 0 Å². The summed E-state index contributed by atoms with van der Waals surface area (Å²) in [5.41, 5.74) is 0. The lowest BCUT2D eigenvalue weighted by atomic mass is 10.0. The largest absolute Gasteiger partial charge is 0.497 e. The molecule has 1 unspecified atom stereocenters. The third kappa shape index (κ3) is 3.08. The molecule has 0 saturated carbocycles. The molecule has 1 aromatic carbocycles. The van der Waals surface area contributed by atoms with Crippen molar-refractivity contribution in [3.05, 3.63) is 24.3 Å². The fourth-order valence-corrected chi connectivity index (χ4v) is 3.90. The summed E-state index contributed by atoms with van der Waals surface area (Å²) in [5.74, 6) is 0.561. The van der Waals surface area contributed by atoms with Crippen molar-refractivity contribution in [2.75, 3.05) is 26.8 Å². The Balaban J connectivity index is 2.25. The van der Waals surface area contributed by atoms with Crippen molar-refractivity contribution in [2.45, 2.75) is 17.7 Å². The highest BCUT2D eigenvalue weighted by molar-refractivity contribution is 7.89. The van der Waals surface area contributed by atoms with Crippen LogP contribution < -0.4 is 4.74 Å². The number of sulfonamides is 1. The van der Waals surface area contributed by atoms with Gasteiger partial charge in [0.2, 0.25) is 10.0 Å². The molecule has 1 saturated heterocycles. The number of hydrogen-bond acceptors (Lipinski definition) is 4. The van der Waals surface area contributed by atoms with Gasteiger partial charge in [0.15, 0.2) is 0 Å². The molecule has 1 heterocycles. The lowest BCUT2D eigenvalue weighted by molar-refractivity contribution is 0.165. The highest BCUT2D eigenvalue weighted by Crippen LogP contribution is 2.25. The van der Waals surface area contributed by atoms with Gasteiger partial charge in [-0.3, -0.25) is 0 Å². The van der Waals surface area contributed by atoms with E-state index < -0.39 is 10.0 Å². The van der Waals surface area contributed by atoms with E-state index in [1.165, 1.54) is 17.5 Å². The van der Waals surface area contributed by atoms with Gasteiger partial charge in [-0.25, -0.2) is 8.42 Å². The molecule has 0 radical (unpaired) electrons. The first-order valence-electron chi connectivity index (χ1n) is 6.33. The van der Waals surface area contributed by atoms with Crippen LogP contribution in [0.5, 0.6) is 5.75 Å². The minimum atomic E-state index is -3.50. The van der Waals surface area contributed by atoms with Crippen LogP contribution in [0.15, 0.2) is 29.2 Å². The second kappa shape index (κ2) is 5.90. The van der Waals surface area contributed by atoms with E-state index in [-0.39, 0.29) is 17.4 Å². The van der Waals surface area contributed by atoms with Crippen molar-refractivity contribution in [1.82, 2.24) is 4.31 Å². The highest BCUT2D eigenvalue weighted by Gasteiger charge is 2.30. The molecule has 2 rings (SSSR count). The normalized spacial score (nSPS) is 21.3. The Morgan fingerprint density at radius 1 is 1.47 bits per heavy atom. The Kier molecular flexibility index (Phi) is 4.44. The quantitative estimate of drug-likeness (QED) is 0.899. The Bertz CT molecular complexity index is 529. The predicted molar refractivity (Wildman–Crippen MR) is 71.6 cm³/mol. The van der Waals surface area contributed by atoms with Gasteiger partial charge in [0, 0.05) is 25.8 Å². The van der Waals surface area contributed by atoms with E-state index >= 15 is 0 Å². The van der Waals surface area contributed by atoms with E-state index in [0.717, 1.165) is 12.8 Å². The van der Waals surface area contributed by atoms with Crippen LogP contribution in [0.4, 0.5) is 0 Å². The van der Waals surface area contributed by atoms with Gasteiger partial charge < -0.3 is 9.84 Å². The topological polar surface area (TPSA) is 66.8 Å². The van der Waals surface area contributed by atoms with Crippen molar-refractivity contribution in [1.29, 1.82) is 0 Å². The minimum Gasteiger partial charge on any atom is -0.497 e. The predicted octanol–water partition coefficient (Wildman–Crippen LogP) is 1.09. The zero-order valence-corrected chi connectivity index (χ0v) is 11.8. The molecule has 1 aliphatic heterocycles. The summed E-state index contributed by atoms with van der Waals surface area (Å²) in [7, 11) is -1.99. The number of aliphatic hydroxyl groups is 1. The summed E-state index contributed by atoms with van der Waals surface area (Å²) in [4.78, 5) is 0.241. The number of methoxy groups -OCH3 is 1. The summed E-state index contributed by atoms with van der Waals surface area (Å²) in [6, 6.07) is 6.48. The van der Waals surface area contributed by atoms with Gasteiger partial charge in [-0.05, 0) is 30.9 Å². The van der Waals surface area contributed by atoms with Crippen LogP contribution >= 0.6 is 0 Å². The number of nitrogens with zero attached hydrogens (tertiary/aromatic N) is 1. The molecule has 0 spiro atoms. The lowest BCUT2D eigenvalue weighted by Gasteiger charge is -2.30. The Morgan fingerprint density at radius 2 is 2.26 bits per heavy atom. The van der Waals surface area contributed by atoms with E-state index in [1.54, 1.807) is 18.2 Å². The first-order chi connectivity index (χ1) is 9.07. The fourth-order valence-electron chi connectivity index (χ4n) is 2.30. The fraction of sp³-hybridized carbons (Fsp3) is 0.538. The van der Waals surface area contributed by atoms with E-state index in [4.69, 9.17) is 4.74 Å². The first kappa shape index (κ1) is 14.3. The van der Waals surface area contributed by atoms with Crippen molar-refractivity contribution in [2.24, 2.45) is 5.92 Å². The van der Waals surface area contributed by atoms with Gasteiger partial charge in [0.1, 0.15) is 5.75 Å². The maximum Gasteiger partial charge on any atom is 0.243 e. The monoisotopic (exact) mass is 285 g/mol. The number of aliphatic hydroxyl groups excluding tert-OH is 1. The smallest absolute Gasteiger partial charge is 0.243 e. The van der Waals surface area contributed by atoms with Crippen LogP contribution in [0.2, 0.25) is 0 Å². The highest BCUT2D eigenvalue weighted by atomic mass is 32.2. The molecule has 106 valence electrons. The molecule has 5 nitrogen and oxygen atoms in total. The Morgan fingerprint density at radius 3 is 2.95 bits per heavy atom. The SMILES string of the molecule is COc1cccc(S(=O)(=O)N2CCCC(CO)C2)c1. The number of benzene rings is 1. The summed E-state index contributed by atoms with van der Waals surface area (Å²) in [5, 5.41) is 9.19. The molecule has 0 aromatic heterocycles. The molecule has 1 aromatic rings. The van der Waals surface area contributed by atoms with Crippen LogP contribution in [0.25, 0.3) is 0 Å². The average molecular weight is 285 g/mol. The number of rotatable bonds is 4. The average Bonchev–Trinajstić information content (AvgIpc) is 2.47. The molecule has 0 bridgehead atoms. The molecule has 1 fully saturated rings. The maximum absolute atomic E-state index is 12.5. The molecule has 6 heteroatoms. The Labute approximate surface area is 113 Å². The third-order valence-electron chi connectivity index (χ3n) is 3.42. The van der Waals surface area contributed by atoms with E-state index in [9.17, 15) is 13.5 Å². The third-order valence-corrected chi connectivity index (χ3v) is 5.28. The van der Waals surface area contributed by atoms with Crippen LogP contribution in [0.1, 0.15) is 12.8 Å². The molecule has 1 aliphatic rings. The Hall–Kier alpha value is -1.11. The standard InChI is InChI=1S/C13H19NO4S/c1-18-12-5-2-6-13(8-12)19(16,17)14-7-3-4-11(9-14)10-15/h2,5-6,8,11,15H,3-4,7,9-10H2,1H3. The molecule has 1 atom stereocenters. The molecular weight excluding hydrogens is 266 g/mol. The second-order valence-electron chi connectivity index (χ2n) is 4.73. The van der Waals surface area contributed by atoms with Crippen LogP contribution in [-0.2, 0) is 10.0 Å². The first-order valence-corrected chi connectivity index (χ1v) is 7.77. The van der Waals surface area contributed by atoms with E-state index in [0.29, 0.717) is 18.8 Å². The number of ether oxygens (including phenoxy) is 1. The summed E-state index contributed by atoms with van der Waals surface area (Å²) >= 11 is 0. The zero-order valence-electron chi connectivity index (χ0n) is 10.9. The van der Waals surface area contributed by atoms with Gasteiger partial charge in [-0.2, -0.15) is 4.31 Å². The number of piperidine rings is 1. The lowest BCUT2D eigenvalue weighted by Crippen LogP contribution is -2.40. The van der Waals surface area contributed by atoms with Crippen LogP contribution in [-0.4, -0.2) is 44.6 Å². The second-order valence-corrected chi connectivity index (χ2v) is 6.67. The van der Waals surface area contributed by atoms with Gasteiger partial charge in [0.05, 0.1) is 12.0 Å². The zero-order chi connectivity index (χ0) is 13.9. The van der Waals surface area contributed by atoms with Crippen LogP contribution in [0, 0.1) is 5.92 Å². The maximum atomic E-state index is 12.5. The molecule has 0 amide bonds. The number of hydrogen-bond donors (Lipinski definition) is 1. The molecule has 1 N–H and O–H groups in total. The van der Waals surface area contributed by atoms with Crippen molar-refractivity contribution < 1.29 is 18.3 Å². The minimum absolute atomic E-state index is 0.0319. The summed E-state index contributed by atoms with van der Waals surface area (Å²) in [6.45, 7) is 0.927. The van der Waals surface area contributed by atoms with Gasteiger partial charge in [-0.1, -0.05) is 6.07 Å². The van der Waals surface area contributed by atoms with E-state index in [1.807, 2.05) is 0 Å². The summed E-state index contributed by atoms with van der Waals surface area (Å²) < 4.78 is 31.5. The van der Waals surface area contributed by atoms with Crippen molar-refractivity contribution in [3.8, 4) is 5.75 Å². The summed E-state index contributed by atoms with van der Waals surface area (Å²) in [6.07, 6.45) is 1.66. The van der Waals surface area contributed by atoms with Gasteiger partial charge in [0.25, 0.3) is 0 Å². The van der Waals surface area contributed by atoms with Gasteiger partial charge >= 0.3 is 0 Å². The molecule has 19 heavy (non-hydrogen) atoms. The molecule has 0 aliphatic carbocycles. The van der Waals surface area contributed by atoms with Crippen molar-refractivity contribution in [3.63, 3.8) is 0 Å². The van der Waals surface area contributed by atoms with Gasteiger partial charge in [-0.15, -0.1) is 0 Å². The van der Waals surface area contributed by atoms with Crippen LogP contribution in [0.3, 0.4) is 0 Å². The van der Waals surface area contributed by atoms with Crippen molar-refractivity contribution >= 4 is 10.0 Å².